The van der Waals surface area contributed by atoms with Gasteiger partial charge in [0, 0.05) is 36.0 Å². The number of carbonyl (C=O) groups excluding carboxylic acids is 1. The molecule has 8 heteroatoms. The molecule has 26 heavy (non-hydrogen) atoms. The molecule has 134 valence electrons. The van der Waals surface area contributed by atoms with E-state index in [2.05, 4.69) is 20.2 Å². The summed E-state index contributed by atoms with van der Waals surface area (Å²) in [6, 6.07) is 5.31. The van der Waals surface area contributed by atoms with Crippen LogP contribution in [0.1, 0.15) is 40.8 Å². The summed E-state index contributed by atoms with van der Waals surface area (Å²) in [4.78, 5) is 33.5. The average Bonchev–Trinajstić information content (AvgIpc) is 3.32. The Balaban J connectivity index is 1.52. The maximum absolute atomic E-state index is 12.9. The first kappa shape index (κ1) is 16.7. The predicted molar refractivity (Wildman–Crippen MR) is 99.4 cm³/mol. The Morgan fingerprint density at radius 2 is 2.27 bits per heavy atom. The fraction of sp³-hybridized carbons (Fsp3) is 0.333. The van der Waals surface area contributed by atoms with Gasteiger partial charge in [-0.3, -0.25) is 14.7 Å². The summed E-state index contributed by atoms with van der Waals surface area (Å²) >= 11 is 1.60. The second-order valence-electron chi connectivity index (χ2n) is 6.52. The lowest BCUT2D eigenvalue weighted by Crippen LogP contribution is -2.39. The topological polar surface area (TPSA) is 94.7 Å². The second kappa shape index (κ2) is 6.87. The maximum Gasteiger partial charge on any atom is 0.271 e. The summed E-state index contributed by atoms with van der Waals surface area (Å²) in [6.07, 6.45) is 1.80. The Morgan fingerprint density at radius 3 is 3.04 bits per heavy atom. The molecule has 7 nitrogen and oxygen atoms in total. The lowest BCUT2D eigenvalue weighted by molar-refractivity contribution is 0.0700. The molecule has 0 bridgehead atoms. The molecule has 4 heterocycles. The van der Waals surface area contributed by atoms with Gasteiger partial charge in [0.2, 0.25) is 0 Å². The van der Waals surface area contributed by atoms with Crippen molar-refractivity contribution in [1.82, 2.24) is 25.1 Å². The van der Waals surface area contributed by atoms with E-state index in [1.807, 2.05) is 21.7 Å². The van der Waals surface area contributed by atoms with Gasteiger partial charge in [0.1, 0.15) is 11.5 Å². The third-order valence-electron chi connectivity index (χ3n) is 4.63. The number of nitrogens with zero attached hydrogens (tertiary/aromatic N) is 3. The molecule has 2 N–H and O–H groups in total. The van der Waals surface area contributed by atoms with Gasteiger partial charge in [-0.1, -0.05) is 0 Å². The molecule has 0 spiro atoms. The van der Waals surface area contributed by atoms with Crippen LogP contribution in [0, 0.1) is 6.92 Å². The third-order valence-corrected chi connectivity index (χ3v) is 5.32. The minimum absolute atomic E-state index is 0.0646. The Hall–Kier alpha value is -2.74. The van der Waals surface area contributed by atoms with E-state index < -0.39 is 0 Å². The second-order valence-corrected chi connectivity index (χ2v) is 7.30. The quantitative estimate of drug-likeness (QED) is 0.742. The number of amides is 1. The number of piperidine rings is 1. The van der Waals surface area contributed by atoms with Crippen LogP contribution in [0.15, 0.2) is 33.8 Å². The number of hydrogen-bond donors (Lipinski definition) is 2. The van der Waals surface area contributed by atoms with E-state index in [1.165, 1.54) is 6.07 Å². The van der Waals surface area contributed by atoms with Gasteiger partial charge in [0.25, 0.3) is 11.5 Å². The molecule has 1 amide bonds. The Kier molecular flexibility index (Phi) is 4.42. The summed E-state index contributed by atoms with van der Waals surface area (Å²) in [5.74, 6) is 0.614. The lowest BCUT2D eigenvalue weighted by atomic mass is 9.94. The molecule has 0 saturated carbocycles. The Labute approximate surface area is 154 Å². The number of hydrogen-bond acceptors (Lipinski definition) is 5. The number of likely N-dealkylation sites (tertiary alicyclic amines) is 1. The normalized spacial score (nSPS) is 17.4. The van der Waals surface area contributed by atoms with Gasteiger partial charge in [-0.15, -0.1) is 0 Å². The molecule has 3 aromatic heterocycles. The fourth-order valence-corrected chi connectivity index (χ4v) is 4.02. The SMILES string of the molecule is Cc1nc([C@H]2CCCN(C(=O)c3cc(-c4ccsc4)n[nH]3)C2)cc(=O)[nH]1. The van der Waals surface area contributed by atoms with Crippen LogP contribution >= 0.6 is 11.3 Å². The molecular weight excluding hydrogens is 350 g/mol. The number of rotatable bonds is 3. The molecule has 4 rings (SSSR count). The molecule has 1 aliphatic heterocycles. The fourth-order valence-electron chi connectivity index (χ4n) is 3.37. The molecule has 0 unspecified atom stereocenters. The molecule has 0 aliphatic carbocycles. The van der Waals surface area contributed by atoms with E-state index in [1.54, 1.807) is 24.3 Å². The molecule has 1 fully saturated rings. The summed E-state index contributed by atoms with van der Waals surface area (Å²) in [5.41, 5.74) is 2.87. The summed E-state index contributed by atoms with van der Waals surface area (Å²) in [6.45, 7) is 3.03. The number of aromatic amines is 2. The van der Waals surface area contributed by atoms with Crippen molar-refractivity contribution in [2.45, 2.75) is 25.7 Å². The maximum atomic E-state index is 12.9. The van der Waals surface area contributed by atoms with Gasteiger partial charge in [-0.05, 0) is 37.3 Å². The van der Waals surface area contributed by atoms with Crippen molar-refractivity contribution in [3.63, 3.8) is 0 Å². The van der Waals surface area contributed by atoms with Crippen LogP contribution in [0.3, 0.4) is 0 Å². The van der Waals surface area contributed by atoms with Gasteiger partial charge in [0.05, 0.1) is 11.4 Å². The van der Waals surface area contributed by atoms with Crippen molar-refractivity contribution >= 4 is 17.2 Å². The highest BCUT2D eigenvalue weighted by Crippen LogP contribution is 2.27. The summed E-state index contributed by atoms with van der Waals surface area (Å²) in [5, 5.41) is 11.1. The van der Waals surface area contributed by atoms with Crippen molar-refractivity contribution < 1.29 is 4.79 Å². The first-order chi connectivity index (χ1) is 12.6. The summed E-state index contributed by atoms with van der Waals surface area (Å²) < 4.78 is 0. The van der Waals surface area contributed by atoms with Gasteiger partial charge < -0.3 is 9.88 Å². The predicted octanol–water partition coefficient (Wildman–Crippen LogP) is 2.55. The van der Waals surface area contributed by atoms with Gasteiger partial charge in [-0.25, -0.2) is 4.98 Å². The lowest BCUT2D eigenvalue weighted by Gasteiger charge is -2.32. The largest absolute Gasteiger partial charge is 0.337 e. The van der Waals surface area contributed by atoms with Gasteiger partial charge in [-0.2, -0.15) is 16.4 Å². The number of aromatic nitrogens is 4. The zero-order valence-electron chi connectivity index (χ0n) is 14.4. The summed E-state index contributed by atoms with van der Waals surface area (Å²) in [7, 11) is 0. The minimum Gasteiger partial charge on any atom is -0.337 e. The standard InChI is InChI=1S/C18H19N5O2S/c1-11-19-14(8-17(24)20-11)12-3-2-5-23(9-12)18(25)16-7-15(21-22-16)13-4-6-26-10-13/h4,6-8,10,12H,2-3,5,9H2,1H3,(H,21,22)(H,19,20,24)/t12-/m0/s1. The van der Waals surface area contributed by atoms with Crippen LogP contribution in [0.2, 0.25) is 0 Å². The number of carbonyl (C=O) groups is 1. The molecule has 3 aromatic rings. The van der Waals surface area contributed by atoms with Crippen molar-refractivity contribution in [3.05, 3.63) is 56.5 Å². The van der Waals surface area contributed by atoms with E-state index in [4.69, 9.17) is 0 Å². The zero-order chi connectivity index (χ0) is 18.1. The van der Waals surface area contributed by atoms with E-state index in [0.717, 1.165) is 29.8 Å². The Morgan fingerprint density at radius 1 is 1.38 bits per heavy atom. The van der Waals surface area contributed by atoms with Crippen LogP contribution in [0.25, 0.3) is 11.3 Å². The van der Waals surface area contributed by atoms with Crippen LogP contribution < -0.4 is 5.56 Å². The van der Waals surface area contributed by atoms with Crippen LogP contribution in [-0.4, -0.2) is 44.1 Å². The minimum atomic E-state index is -0.148. The first-order valence-corrected chi connectivity index (χ1v) is 9.49. The highest BCUT2D eigenvalue weighted by molar-refractivity contribution is 7.08. The van der Waals surface area contributed by atoms with E-state index in [-0.39, 0.29) is 17.4 Å². The van der Waals surface area contributed by atoms with Crippen LogP contribution in [-0.2, 0) is 0 Å². The monoisotopic (exact) mass is 369 g/mol. The number of aryl methyl sites for hydroxylation is 1. The van der Waals surface area contributed by atoms with Crippen LogP contribution in [0.5, 0.6) is 0 Å². The smallest absolute Gasteiger partial charge is 0.271 e. The third kappa shape index (κ3) is 3.32. The highest BCUT2D eigenvalue weighted by atomic mass is 32.1. The highest BCUT2D eigenvalue weighted by Gasteiger charge is 2.27. The molecule has 1 saturated heterocycles. The van der Waals surface area contributed by atoms with E-state index in [0.29, 0.717) is 24.6 Å². The van der Waals surface area contributed by atoms with Crippen LogP contribution in [0.4, 0.5) is 0 Å². The molecule has 0 radical (unpaired) electrons. The molecule has 1 atom stereocenters. The molecule has 0 aromatic carbocycles. The molecular formula is C18H19N5O2S. The van der Waals surface area contributed by atoms with Crippen molar-refractivity contribution in [1.29, 1.82) is 0 Å². The Bertz CT molecular complexity index is 976. The van der Waals surface area contributed by atoms with E-state index >= 15 is 0 Å². The zero-order valence-corrected chi connectivity index (χ0v) is 15.2. The number of nitrogens with one attached hydrogen (secondary N) is 2. The number of thiophene rings is 1. The molecule has 1 aliphatic rings. The first-order valence-electron chi connectivity index (χ1n) is 8.55. The number of H-pyrrole nitrogens is 2. The van der Waals surface area contributed by atoms with Crippen molar-refractivity contribution in [3.8, 4) is 11.3 Å². The van der Waals surface area contributed by atoms with Crippen molar-refractivity contribution in [2.24, 2.45) is 0 Å². The van der Waals surface area contributed by atoms with E-state index in [9.17, 15) is 9.59 Å². The van der Waals surface area contributed by atoms with Gasteiger partial charge >= 0.3 is 0 Å². The van der Waals surface area contributed by atoms with Gasteiger partial charge in [0.15, 0.2) is 0 Å². The average molecular weight is 369 g/mol. The van der Waals surface area contributed by atoms with Crippen molar-refractivity contribution in [2.75, 3.05) is 13.1 Å².